The molecular formula is C14H17BrF2O. The van der Waals surface area contributed by atoms with Crippen LogP contribution >= 0.6 is 15.9 Å². The molecule has 2 atom stereocenters. The molecule has 1 fully saturated rings. The molecule has 0 radical (unpaired) electrons. The second kappa shape index (κ2) is 6.62. The van der Waals surface area contributed by atoms with Gasteiger partial charge in [-0.05, 0) is 38.2 Å². The van der Waals surface area contributed by atoms with Crippen molar-refractivity contribution in [1.29, 1.82) is 0 Å². The van der Waals surface area contributed by atoms with E-state index in [0.717, 1.165) is 38.4 Å². The standard InChI is InChI=1S/C14H17BrF2O/c15-13(7-5-11-3-1-2-8-18-11)12-6-4-10(16)9-14(12)17/h4,6,9,11,13H,1-3,5,7-8H2. The minimum absolute atomic E-state index is 0.0800. The Hall–Kier alpha value is -0.480. The molecule has 1 aromatic carbocycles. The summed E-state index contributed by atoms with van der Waals surface area (Å²) in [7, 11) is 0. The van der Waals surface area contributed by atoms with Gasteiger partial charge in [0.1, 0.15) is 11.6 Å². The van der Waals surface area contributed by atoms with Crippen molar-refractivity contribution in [2.24, 2.45) is 0 Å². The van der Waals surface area contributed by atoms with Crippen molar-refractivity contribution in [2.45, 2.75) is 43.0 Å². The molecule has 100 valence electrons. The van der Waals surface area contributed by atoms with Gasteiger partial charge >= 0.3 is 0 Å². The summed E-state index contributed by atoms with van der Waals surface area (Å²) >= 11 is 3.47. The summed E-state index contributed by atoms with van der Waals surface area (Å²) in [5.41, 5.74) is 0.521. The molecule has 1 heterocycles. The van der Waals surface area contributed by atoms with Crippen LogP contribution in [0, 0.1) is 11.6 Å². The summed E-state index contributed by atoms with van der Waals surface area (Å²) in [5.74, 6) is -1.02. The second-order valence-electron chi connectivity index (χ2n) is 4.70. The molecule has 18 heavy (non-hydrogen) atoms. The van der Waals surface area contributed by atoms with Crippen molar-refractivity contribution in [2.75, 3.05) is 6.61 Å². The van der Waals surface area contributed by atoms with E-state index in [-0.39, 0.29) is 4.83 Å². The van der Waals surface area contributed by atoms with Crippen LogP contribution in [-0.4, -0.2) is 12.7 Å². The van der Waals surface area contributed by atoms with E-state index in [1.54, 1.807) is 0 Å². The van der Waals surface area contributed by atoms with Gasteiger partial charge in [-0.1, -0.05) is 22.0 Å². The Morgan fingerprint density at radius 3 is 2.83 bits per heavy atom. The lowest BCUT2D eigenvalue weighted by molar-refractivity contribution is 0.0101. The summed E-state index contributed by atoms with van der Waals surface area (Å²) in [4.78, 5) is -0.0800. The highest BCUT2D eigenvalue weighted by atomic mass is 79.9. The molecule has 4 heteroatoms. The lowest BCUT2D eigenvalue weighted by atomic mass is 10.0. The van der Waals surface area contributed by atoms with Gasteiger partial charge in [-0.25, -0.2) is 8.78 Å². The highest BCUT2D eigenvalue weighted by Crippen LogP contribution is 2.32. The maximum absolute atomic E-state index is 13.6. The Labute approximate surface area is 115 Å². The molecule has 0 spiro atoms. The molecular weight excluding hydrogens is 302 g/mol. The first-order valence-electron chi connectivity index (χ1n) is 6.37. The quantitative estimate of drug-likeness (QED) is 0.728. The number of hydrogen-bond donors (Lipinski definition) is 0. The van der Waals surface area contributed by atoms with Crippen LogP contribution in [0.2, 0.25) is 0 Å². The minimum Gasteiger partial charge on any atom is -0.378 e. The van der Waals surface area contributed by atoms with Gasteiger partial charge in [0.2, 0.25) is 0 Å². The number of benzene rings is 1. The summed E-state index contributed by atoms with van der Waals surface area (Å²) in [5, 5.41) is 0. The molecule has 2 unspecified atom stereocenters. The van der Waals surface area contributed by atoms with E-state index in [0.29, 0.717) is 11.7 Å². The molecule has 1 aliphatic heterocycles. The maximum Gasteiger partial charge on any atom is 0.130 e. The maximum atomic E-state index is 13.6. The number of hydrogen-bond acceptors (Lipinski definition) is 1. The Kier molecular flexibility index (Phi) is 5.13. The van der Waals surface area contributed by atoms with Crippen molar-refractivity contribution >= 4 is 15.9 Å². The highest BCUT2D eigenvalue weighted by molar-refractivity contribution is 9.09. The fourth-order valence-electron chi connectivity index (χ4n) is 2.28. The lowest BCUT2D eigenvalue weighted by Crippen LogP contribution is -2.19. The predicted octanol–water partition coefficient (Wildman–Crippen LogP) is 4.75. The van der Waals surface area contributed by atoms with Crippen molar-refractivity contribution < 1.29 is 13.5 Å². The van der Waals surface area contributed by atoms with E-state index in [4.69, 9.17) is 4.74 Å². The van der Waals surface area contributed by atoms with Crippen molar-refractivity contribution in [3.8, 4) is 0 Å². The molecule has 0 N–H and O–H groups in total. The smallest absolute Gasteiger partial charge is 0.130 e. The number of halogens is 3. The Morgan fingerprint density at radius 2 is 2.17 bits per heavy atom. The van der Waals surface area contributed by atoms with E-state index < -0.39 is 11.6 Å². The van der Waals surface area contributed by atoms with Crippen LogP contribution in [0.25, 0.3) is 0 Å². The zero-order chi connectivity index (χ0) is 13.0. The summed E-state index contributed by atoms with van der Waals surface area (Å²) < 4.78 is 32.0. The monoisotopic (exact) mass is 318 g/mol. The van der Waals surface area contributed by atoms with E-state index in [1.165, 1.54) is 18.6 Å². The van der Waals surface area contributed by atoms with Crippen LogP contribution in [0.1, 0.15) is 42.5 Å². The topological polar surface area (TPSA) is 9.23 Å². The Morgan fingerprint density at radius 1 is 1.33 bits per heavy atom. The molecule has 0 aliphatic carbocycles. The molecule has 1 saturated heterocycles. The first kappa shape index (κ1) is 13.9. The fraction of sp³-hybridized carbons (Fsp3) is 0.571. The predicted molar refractivity (Wildman–Crippen MR) is 70.9 cm³/mol. The van der Waals surface area contributed by atoms with Gasteiger partial charge in [-0.15, -0.1) is 0 Å². The first-order valence-corrected chi connectivity index (χ1v) is 7.29. The number of ether oxygens (including phenoxy) is 1. The van der Waals surface area contributed by atoms with Crippen molar-refractivity contribution in [3.63, 3.8) is 0 Å². The largest absolute Gasteiger partial charge is 0.378 e. The van der Waals surface area contributed by atoms with E-state index in [2.05, 4.69) is 15.9 Å². The van der Waals surface area contributed by atoms with Crippen LogP contribution in [0.5, 0.6) is 0 Å². The van der Waals surface area contributed by atoms with E-state index in [1.807, 2.05) is 0 Å². The Balaban J connectivity index is 1.88. The van der Waals surface area contributed by atoms with Crippen molar-refractivity contribution in [3.05, 3.63) is 35.4 Å². The average Bonchev–Trinajstić information content (AvgIpc) is 2.37. The molecule has 0 bridgehead atoms. The van der Waals surface area contributed by atoms with Gasteiger partial charge in [0.15, 0.2) is 0 Å². The summed E-state index contributed by atoms with van der Waals surface area (Å²) in [6, 6.07) is 3.73. The third kappa shape index (κ3) is 3.75. The van der Waals surface area contributed by atoms with E-state index in [9.17, 15) is 8.78 Å². The van der Waals surface area contributed by atoms with Crippen LogP contribution in [0.3, 0.4) is 0 Å². The third-order valence-corrected chi connectivity index (χ3v) is 4.27. The van der Waals surface area contributed by atoms with Gasteiger partial charge in [0.05, 0.1) is 6.10 Å². The van der Waals surface area contributed by atoms with Gasteiger partial charge in [-0.2, -0.15) is 0 Å². The molecule has 0 aromatic heterocycles. The number of alkyl halides is 1. The molecule has 0 amide bonds. The fourth-order valence-corrected chi connectivity index (χ4v) is 2.91. The first-order chi connectivity index (χ1) is 8.66. The molecule has 0 saturated carbocycles. The van der Waals surface area contributed by atoms with Gasteiger partial charge in [0, 0.05) is 23.1 Å². The molecule has 2 rings (SSSR count). The van der Waals surface area contributed by atoms with Crippen LogP contribution in [-0.2, 0) is 4.74 Å². The van der Waals surface area contributed by atoms with Crippen LogP contribution in [0.4, 0.5) is 8.78 Å². The highest BCUT2D eigenvalue weighted by Gasteiger charge is 2.18. The lowest BCUT2D eigenvalue weighted by Gasteiger charge is -2.23. The Bertz CT molecular complexity index is 391. The minimum atomic E-state index is -0.536. The van der Waals surface area contributed by atoms with Crippen molar-refractivity contribution in [1.82, 2.24) is 0 Å². The van der Waals surface area contributed by atoms with Gasteiger partial charge < -0.3 is 4.74 Å². The molecule has 1 aromatic rings. The molecule has 1 aliphatic rings. The third-order valence-electron chi connectivity index (χ3n) is 3.32. The summed E-state index contributed by atoms with van der Waals surface area (Å²) in [6.45, 7) is 0.836. The van der Waals surface area contributed by atoms with Gasteiger partial charge in [0.25, 0.3) is 0 Å². The number of rotatable bonds is 4. The molecule has 1 nitrogen and oxygen atoms in total. The van der Waals surface area contributed by atoms with Gasteiger partial charge in [-0.3, -0.25) is 0 Å². The SMILES string of the molecule is Fc1ccc(C(Br)CCC2CCCCO2)c(F)c1. The second-order valence-corrected chi connectivity index (χ2v) is 5.80. The summed E-state index contributed by atoms with van der Waals surface area (Å²) in [6.07, 6.45) is 5.44. The van der Waals surface area contributed by atoms with E-state index >= 15 is 0 Å². The average molecular weight is 319 g/mol. The van der Waals surface area contributed by atoms with Crippen LogP contribution < -0.4 is 0 Å². The zero-order valence-electron chi connectivity index (χ0n) is 10.2. The normalized spacial score (nSPS) is 21.8. The van der Waals surface area contributed by atoms with Crippen LogP contribution in [0.15, 0.2) is 18.2 Å². The zero-order valence-corrected chi connectivity index (χ0v) is 11.8.